The quantitative estimate of drug-likeness (QED) is 0.940. The lowest BCUT2D eigenvalue weighted by atomic mass is 9.95. The number of dihydropyridines is 1. The van der Waals surface area contributed by atoms with Crippen molar-refractivity contribution in [2.24, 2.45) is 5.92 Å². The van der Waals surface area contributed by atoms with E-state index in [4.69, 9.17) is 4.42 Å². The van der Waals surface area contributed by atoms with E-state index in [9.17, 15) is 0 Å². The van der Waals surface area contributed by atoms with Crippen LogP contribution in [0.3, 0.4) is 0 Å². The first-order valence-electron chi connectivity index (χ1n) is 8.57. The van der Waals surface area contributed by atoms with Gasteiger partial charge in [-0.1, -0.05) is 50.3 Å². The predicted octanol–water partition coefficient (Wildman–Crippen LogP) is 3.40. The van der Waals surface area contributed by atoms with Crippen LogP contribution in [0.4, 0.5) is 0 Å². The van der Waals surface area contributed by atoms with Crippen LogP contribution in [0.2, 0.25) is 0 Å². The summed E-state index contributed by atoms with van der Waals surface area (Å²) in [7, 11) is 0. The number of rotatable bonds is 3. The van der Waals surface area contributed by atoms with E-state index >= 15 is 0 Å². The van der Waals surface area contributed by atoms with E-state index in [0.29, 0.717) is 5.92 Å². The molecule has 1 aliphatic carbocycles. The first-order chi connectivity index (χ1) is 11.2. The second kappa shape index (κ2) is 5.77. The molecule has 1 N–H and O–H groups in total. The van der Waals surface area contributed by atoms with Gasteiger partial charge in [-0.15, -0.1) is 0 Å². The van der Waals surface area contributed by atoms with Crippen LogP contribution < -0.4 is 16.0 Å². The number of hydrogen-bond donors (Lipinski definition) is 1. The summed E-state index contributed by atoms with van der Waals surface area (Å²) in [6.45, 7) is 4.52. The van der Waals surface area contributed by atoms with Gasteiger partial charge in [-0.05, 0) is 48.6 Å². The highest BCUT2D eigenvalue weighted by atomic mass is 16.3. The van der Waals surface area contributed by atoms with Crippen LogP contribution >= 0.6 is 0 Å². The van der Waals surface area contributed by atoms with Crippen LogP contribution in [0.25, 0.3) is 22.6 Å². The van der Waals surface area contributed by atoms with Crippen LogP contribution in [0.1, 0.15) is 32.3 Å². The predicted molar refractivity (Wildman–Crippen MR) is 96.3 cm³/mol. The van der Waals surface area contributed by atoms with Gasteiger partial charge in [-0.3, -0.25) is 0 Å². The molecule has 0 amide bonds. The lowest BCUT2D eigenvalue weighted by Gasteiger charge is -2.19. The van der Waals surface area contributed by atoms with E-state index in [0.717, 1.165) is 30.3 Å². The van der Waals surface area contributed by atoms with Crippen molar-refractivity contribution in [3.05, 3.63) is 58.8 Å². The molecule has 1 aromatic carbocycles. The number of furan rings is 1. The van der Waals surface area contributed by atoms with Crippen LogP contribution in [0.15, 0.2) is 47.0 Å². The highest BCUT2D eigenvalue weighted by Gasteiger charge is 2.19. The van der Waals surface area contributed by atoms with Gasteiger partial charge in [0.25, 0.3) is 0 Å². The maximum absolute atomic E-state index is 6.42. The molecule has 1 unspecified atom stereocenters. The molecule has 0 radical (unpaired) electrons. The molecule has 1 aliphatic heterocycles. The third kappa shape index (κ3) is 2.52. The summed E-state index contributed by atoms with van der Waals surface area (Å²) >= 11 is 0. The van der Waals surface area contributed by atoms with Crippen LogP contribution in [0, 0.1) is 5.92 Å². The lowest BCUT2D eigenvalue weighted by molar-refractivity contribution is 0.551. The molecule has 4 rings (SSSR count). The summed E-state index contributed by atoms with van der Waals surface area (Å²) in [4.78, 5) is 0. The van der Waals surface area contributed by atoms with E-state index in [-0.39, 0.29) is 6.04 Å². The molecule has 1 aromatic heterocycles. The van der Waals surface area contributed by atoms with Crippen LogP contribution in [-0.2, 0) is 6.42 Å². The Morgan fingerprint density at radius 1 is 1.26 bits per heavy atom. The second-order valence-electron chi connectivity index (χ2n) is 6.89. The topological polar surface area (TPSA) is 25.2 Å². The molecule has 0 saturated heterocycles. The van der Waals surface area contributed by atoms with Gasteiger partial charge in [-0.2, -0.15) is 0 Å². The Morgan fingerprint density at radius 2 is 2.17 bits per heavy atom. The molecule has 1 atom stereocenters. The number of benzene rings is 1. The van der Waals surface area contributed by atoms with Crippen molar-refractivity contribution < 1.29 is 4.42 Å². The van der Waals surface area contributed by atoms with Gasteiger partial charge in [0.15, 0.2) is 0 Å². The number of fused-ring (bicyclic) bond motifs is 3. The first-order valence-corrected chi connectivity index (χ1v) is 8.57. The maximum atomic E-state index is 6.42. The number of nitrogens with one attached hydrogen (secondary N) is 1. The summed E-state index contributed by atoms with van der Waals surface area (Å²) in [6, 6.07) is 6.82. The lowest BCUT2D eigenvalue weighted by Crippen LogP contribution is -2.35. The maximum Gasteiger partial charge on any atom is 0.138 e. The summed E-state index contributed by atoms with van der Waals surface area (Å²) in [5.74, 6) is 0.628. The normalized spacial score (nSPS) is 19.8. The van der Waals surface area contributed by atoms with Gasteiger partial charge >= 0.3 is 0 Å². The molecule has 0 spiro atoms. The zero-order chi connectivity index (χ0) is 15.8. The average Bonchev–Trinajstić information content (AvgIpc) is 2.95. The van der Waals surface area contributed by atoms with Gasteiger partial charge in [0.1, 0.15) is 11.0 Å². The van der Waals surface area contributed by atoms with E-state index in [2.05, 4.69) is 55.6 Å². The fourth-order valence-electron chi connectivity index (χ4n) is 3.68. The zero-order valence-electron chi connectivity index (χ0n) is 13.8. The van der Waals surface area contributed by atoms with E-state index in [1.54, 1.807) is 0 Å². The largest absolute Gasteiger partial charge is 0.456 e. The van der Waals surface area contributed by atoms with Crippen molar-refractivity contribution >= 4 is 22.6 Å². The molecule has 2 aromatic rings. The highest BCUT2D eigenvalue weighted by Crippen LogP contribution is 2.22. The molecular formula is C21H23NO. The Labute approximate surface area is 136 Å². The molecular weight excluding hydrogens is 282 g/mol. The van der Waals surface area contributed by atoms with Gasteiger partial charge in [0.2, 0.25) is 0 Å². The van der Waals surface area contributed by atoms with E-state index in [1.807, 2.05) is 12.3 Å². The summed E-state index contributed by atoms with van der Waals surface area (Å²) in [5.41, 5.74) is 4.86. The molecule has 23 heavy (non-hydrogen) atoms. The Kier molecular flexibility index (Phi) is 3.60. The van der Waals surface area contributed by atoms with Crippen molar-refractivity contribution in [3.63, 3.8) is 0 Å². The standard InChI is InChI=1S/C21H23NO/c1-14(2)13-15-7-5-8-16-17-9-6-10-18(21(17)23-20(15)16)19-11-3-4-12-22-19/h3-5,7-9,11-12,14,19,22H,6,10,13H2,1-2H3. The second-order valence-corrected chi connectivity index (χ2v) is 6.89. The van der Waals surface area contributed by atoms with Crippen molar-refractivity contribution in [2.75, 3.05) is 0 Å². The van der Waals surface area contributed by atoms with Gasteiger partial charge in [0, 0.05) is 10.6 Å². The fourth-order valence-corrected chi connectivity index (χ4v) is 3.68. The molecule has 2 aliphatic rings. The summed E-state index contributed by atoms with van der Waals surface area (Å²) < 4.78 is 6.42. The fraction of sp³-hybridized carbons (Fsp3) is 0.333. The summed E-state index contributed by atoms with van der Waals surface area (Å²) in [5, 5.41) is 6.00. The Bertz CT molecular complexity index is 911. The average molecular weight is 305 g/mol. The molecule has 0 bridgehead atoms. The highest BCUT2D eigenvalue weighted by molar-refractivity contribution is 5.83. The van der Waals surface area contributed by atoms with Crippen molar-refractivity contribution in [1.29, 1.82) is 0 Å². The molecule has 2 heteroatoms. The number of hydrogen-bond acceptors (Lipinski definition) is 2. The number of para-hydroxylation sites is 1. The zero-order valence-corrected chi connectivity index (χ0v) is 13.8. The Balaban J connectivity index is 1.96. The molecule has 118 valence electrons. The van der Waals surface area contributed by atoms with E-state index < -0.39 is 0 Å². The molecule has 0 saturated carbocycles. The van der Waals surface area contributed by atoms with Gasteiger partial charge in [-0.25, -0.2) is 0 Å². The third-order valence-corrected chi connectivity index (χ3v) is 4.68. The minimum absolute atomic E-state index is 0.251. The van der Waals surface area contributed by atoms with Gasteiger partial charge in [0.05, 0.1) is 6.04 Å². The minimum Gasteiger partial charge on any atom is -0.456 e. The van der Waals surface area contributed by atoms with Crippen molar-refractivity contribution in [3.8, 4) is 0 Å². The van der Waals surface area contributed by atoms with E-state index in [1.165, 1.54) is 21.7 Å². The first kappa shape index (κ1) is 14.4. The monoisotopic (exact) mass is 305 g/mol. The minimum atomic E-state index is 0.251. The van der Waals surface area contributed by atoms with Crippen molar-refractivity contribution in [1.82, 2.24) is 5.32 Å². The molecule has 0 fully saturated rings. The van der Waals surface area contributed by atoms with Crippen LogP contribution in [0.5, 0.6) is 0 Å². The van der Waals surface area contributed by atoms with Crippen LogP contribution in [-0.4, -0.2) is 6.04 Å². The molecule has 2 heterocycles. The number of allylic oxidation sites excluding steroid dienone is 2. The smallest absolute Gasteiger partial charge is 0.138 e. The van der Waals surface area contributed by atoms with Crippen molar-refractivity contribution in [2.45, 2.75) is 39.2 Å². The SMILES string of the molecule is CC(C)Cc1cccc2c3c(oc12)=C(C1C=CC=CN1)CCC=3. The Morgan fingerprint density at radius 3 is 2.96 bits per heavy atom. The van der Waals surface area contributed by atoms with Gasteiger partial charge < -0.3 is 9.73 Å². The summed E-state index contributed by atoms with van der Waals surface area (Å²) in [6.07, 6.45) is 13.9. The molecule has 2 nitrogen and oxygen atoms in total. The third-order valence-electron chi connectivity index (χ3n) is 4.68. The Hall–Kier alpha value is -2.22.